The summed E-state index contributed by atoms with van der Waals surface area (Å²) in [6.07, 6.45) is 1.91. The van der Waals surface area contributed by atoms with Crippen LogP contribution in [0.4, 0.5) is 0 Å². The Morgan fingerprint density at radius 3 is 3.25 bits per heavy atom. The third-order valence-corrected chi connectivity index (χ3v) is 1.63. The first-order chi connectivity index (χ1) is 5.90. The van der Waals surface area contributed by atoms with Gasteiger partial charge < -0.3 is 5.32 Å². The minimum Gasteiger partial charge on any atom is -0.316 e. The Morgan fingerprint density at radius 1 is 1.50 bits per heavy atom. The number of nitrogens with zero attached hydrogens (tertiary/aromatic N) is 4. The molecule has 0 aliphatic carbocycles. The maximum absolute atomic E-state index is 3.80. The number of tetrazole rings is 1. The van der Waals surface area contributed by atoms with Gasteiger partial charge in [0.1, 0.15) is 0 Å². The van der Waals surface area contributed by atoms with Crippen LogP contribution in [0.5, 0.6) is 0 Å². The largest absolute Gasteiger partial charge is 0.316 e. The maximum atomic E-state index is 3.80. The van der Waals surface area contributed by atoms with Gasteiger partial charge in [-0.25, -0.2) is 4.52 Å². The van der Waals surface area contributed by atoms with Gasteiger partial charge in [0.2, 0.25) is 0 Å². The van der Waals surface area contributed by atoms with Crippen LogP contribution in [0, 0.1) is 0 Å². The lowest BCUT2D eigenvalue weighted by Gasteiger charge is -1.98. The van der Waals surface area contributed by atoms with Crippen molar-refractivity contribution in [1.29, 1.82) is 0 Å². The lowest BCUT2D eigenvalue weighted by Crippen LogP contribution is -2.05. The molecule has 0 radical (unpaired) electrons. The molecule has 0 atom stereocenters. The number of hydrogen-bond acceptors (Lipinski definition) is 4. The number of nitrogens with one attached hydrogen (secondary N) is 1. The van der Waals surface area contributed by atoms with Crippen LogP contribution in [0.1, 0.15) is 5.56 Å². The van der Waals surface area contributed by atoms with Gasteiger partial charge in [-0.2, -0.15) is 0 Å². The molecular formula is C7H9N5. The van der Waals surface area contributed by atoms with Crippen LogP contribution in [-0.4, -0.2) is 27.1 Å². The summed E-state index contributed by atoms with van der Waals surface area (Å²) in [5.41, 5.74) is 1.94. The molecule has 0 amide bonds. The summed E-state index contributed by atoms with van der Waals surface area (Å²) in [7, 11) is 1.91. The van der Waals surface area contributed by atoms with Crippen LogP contribution >= 0.6 is 0 Å². The highest BCUT2D eigenvalue weighted by Crippen LogP contribution is 2.00. The van der Waals surface area contributed by atoms with E-state index in [2.05, 4.69) is 20.8 Å². The van der Waals surface area contributed by atoms with E-state index in [1.807, 2.05) is 25.4 Å². The van der Waals surface area contributed by atoms with Crippen LogP contribution in [-0.2, 0) is 6.54 Å². The third-order valence-electron chi connectivity index (χ3n) is 1.63. The van der Waals surface area contributed by atoms with Crippen molar-refractivity contribution in [3.05, 3.63) is 23.9 Å². The molecule has 0 saturated heterocycles. The van der Waals surface area contributed by atoms with E-state index < -0.39 is 0 Å². The Kier molecular flexibility index (Phi) is 1.71. The smallest absolute Gasteiger partial charge is 0.179 e. The third kappa shape index (κ3) is 1.14. The maximum Gasteiger partial charge on any atom is 0.179 e. The Labute approximate surface area is 69.4 Å². The molecule has 2 aromatic heterocycles. The number of hydrogen-bond donors (Lipinski definition) is 1. The lowest BCUT2D eigenvalue weighted by atomic mass is 10.3. The quantitative estimate of drug-likeness (QED) is 0.668. The van der Waals surface area contributed by atoms with E-state index in [0.717, 1.165) is 17.8 Å². The van der Waals surface area contributed by atoms with Gasteiger partial charge in [-0.05, 0) is 29.1 Å². The van der Waals surface area contributed by atoms with Crippen molar-refractivity contribution in [2.45, 2.75) is 6.54 Å². The molecule has 0 bridgehead atoms. The highest BCUT2D eigenvalue weighted by Gasteiger charge is 1.96. The van der Waals surface area contributed by atoms with Gasteiger partial charge in [0.25, 0.3) is 0 Å². The van der Waals surface area contributed by atoms with Gasteiger partial charge in [0.05, 0.1) is 0 Å². The Morgan fingerprint density at radius 2 is 2.42 bits per heavy atom. The second kappa shape index (κ2) is 2.86. The molecule has 0 spiro atoms. The van der Waals surface area contributed by atoms with Crippen molar-refractivity contribution in [2.75, 3.05) is 7.05 Å². The Bertz CT molecular complexity index is 380. The Balaban J connectivity index is 2.46. The molecular weight excluding hydrogens is 154 g/mol. The summed E-state index contributed by atoms with van der Waals surface area (Å²) in [6, 6.07) is 3.90. The second-order valence-corrected chi connectivity index (χ2v) is 2.55. The minimum atomic E-state index is 0.773. The van der Waals surface area contributed by atoms with Gasteiger partial charge in [-0.1, -0.05) is 6.07 Å². The van der Waals surface area contributed by atoms with Gasteiger partial charge in [-0.15, -0.1) is 5.10 Å². The summed E-state index contributed by atoms with van der Waals surface area (Å²) in [4.78, 5) is 0. The average Bonchev–Trinajstić information content (AvgIpc) is 2.51. The fourth-order valence-corrected chi connectivity index (χ4v) is 1.09. The molecule has 0 saturated carbocycles. The second-order valence-electron chi connectivity index (χ2n) is 2.55. The summed E-state index contributed by atoms with van der Waals surface area (Å²) < 4.78 is 1.66. The zero-order valence-electron chi connectivity index (χ0n) is 6.73. The minimum absolute atomic E-state index is 0.773. The molecule has 1 N–H and O–H groups in total. The highest BCUT2D eigenvalue weighted by atomic mass is 15.5. The standard InChI is InChI=1S/C7H9N5/c1-8-4-6-2-3-7-9-10-11-12(7)5-6/h2-3,5,8H,4H2,1H3. The molecule has 0 aliphatic rings. The molecule has 0 aliphatic heterocycles. The number of fused-ring (bicyclic) bond motifs is 1. The van der Waals surface area contributed by atoms with Crippen LogP contribution in [0.25, 0.3) is 5.65 Å². The first-order valence-corrected chi connectivity index (χ1v) is 3.71. The fourth-order valence-electron chi connectivity index (χ4n) is 1.09. The Hall–Kier alpha value is -1.49. The van der Waals surface area contributed by atoms with Gasteiger partial charge in [0.15, 0.2) is 5.65 Å². The van der Waals surface area contributed by atoms with Crippen molar-refractivity contribution in [2.24, 2.45) is 0 Å². The van der Waals surface area contributed by atoms with Crippen LogP contribution in [0.3, 0.4) is 0 Å². The van der Waals surface area contributed by atoms with Crippen molar-refractivity contribution in [3.8, 4) is 0 Å². The van der Waals surface area contributed by atoms with Gasteiger partial charge >= 0.3 is 0 Å². The average molecular weight is 163 g/mol. The number of pyridine rings is 1. The molecule has 2 rings (SSSR count). The summed E-state index contributed by atoms with van der Waals surface area (Å²) >= 11 is 0. The zero-order chi connectivity index (χ0) is 8.39. The zero-order valence-corrected chi connectivity index (χ0v) is 6.73. The van der Waals surface area contributed by atoms with E-state index in [-0.39, 0.29) is 0 Å². The topological polar surface area (TPSA) is 55.1 Å². The monoisotopic (exact) mass is 163 g/mol. The highest BCUT2D eigenvalue weighted by molar-refractivity contribution is 5.36. The SMILES string of the molecule is CNCc1ccc2nnnn2c1. The molecule has 2 heterocycles. The van der Waals surface area contributed by atoms with E-state index in [9.17, 15) is 0 Å². The van der Waals surface area contributed by atoms with Crippen molar-refractivity contribution in [3.63, 3.8) is 0 Å². The molecule has 5 heteroatoms. The van der Waals surface area contributed by atoms with E-state index in [4.69, 9.17) is 0 Å². The summed E-state index contributed by atoms with van der Waals surface area (Å²) in [5, 5.41) is 14.2. The summed E-state index contributed by atoms with van der Waals surface area (Å²) in [6.45, 7) is 0.829. The predicted octanol–water partition coefficient (Wildman–Crippen LogP) is -0.156. The lowest BCUT2D eigenvalue weighted by molar-refractivity contribution is 0.784. The molecule has 0 fully saturated rings. The van der Waals surface area contributed by atoms with E-state index in [1.54, 1.807) is 4.52 Å². The number of rotatable bonds is 2. The van der Waals surface area contributed by atoms with Crippen LogP contribution in [0.15, 0.2) is 18.3 Å². The molecule has 0 unspecified atom stereocenters. The van der Waals surface area contributed by atoms with Crippen molar-refractivity contribution < 1.29 is 0 Å². The van der Waals surface area contributed by atoms with Crippen molar-refractivity contribution >= 4 is 5.65 Å². The van der Waals surface area contributed by atoms with E-state index >= 15 is 0 Å². The van der Waals surface area contributed by atoms with E-state index in [1.165, 1.54) is 0 Å². The van der Waals surface area contributed by atoms with Gasteiger partial charge in [-0.3, -0.25) is 0 Å². The molecule has 5 nitrogen and oxygen atoms in total. The van der Waals surface area contributed by atoms with E-state index in [0.29, 0.717) is 0 Å². The number of aromatic nitrogens is 4. The van der Waals surface area contributed by atoms with Crippen LogP contribution in [0.2, 0.25) is 0 Å². The fraction of sp³-hybridized carbons (Fsp3) is 0.286. The molecule has 12 heavy (non-hydrogen) atoms. The first-order valence-electron chi connectivity index (χ1n) is 3.71. The van der Waals surface area contributed by atoms with Crippen molar-refractivity contribution in [1.82, 2.24) is 25.4 Å². The molecule has 62 valence electrons. The summed E-state index contributed by atoms with van der Waals surface area (Å²) in [5.74, 6) is 0. The van der Waals surface area contributed by atoms with Crippen LogP contribution < -0.4 is 5.32 Å². The molecule has 2 aromatic rings. The normalized spacial score (nSPS) is 10.8. The molecule has 0 aromatic carbocycles. The predicted molar refractivity (Wildman–Crippen MR) is 43.5 cm³/mol. The first kappa shape index (κ1) is 7.17. The van der Waals surface area contributed by atoms with Gasteiger partial charge in [0, 0.05) is 12.7 Å².